The Hall–Kier alpha value is -3.31. The van der Waals surface area contributed by atoms with Crippen LogP contribution >= 0.6 is 11.3 Å². The quantitative estimate of drug-likeness (QED) is 0.257. The first-order chi connectivity index (χ1) is 15.8. The molecule has 1 N–H and O–H groups in total. The number of nitrogens with zero attached hydrogens (tertiary/aromatic N) is 2. The van der Waals surface area contributed by atoms with Crippen molar-refractivity contribution < 1.29 is 4.79 Å². The molecule has 0 aliphatic rings. The molecule has 0 spiro atoms. The predicted molar refractivity (Wildman–Crippen MR) is 139 cm³/mol. The molecule has 0 aliphatic carbocycles. The molecule has 4 rings (SSSR count). The molecule has 4 aromatic rings. The second kappa shape index (κ2) is 9.28. The molecule has 0 saturated carbocycles. The van der Waals surface area contributed by atoms with Crippen LogP contribution in [0.5, 0.6) is 0 Å². The van der Waals surface area contributed by atoms with Gasteiger partial charge in [-0.3, -0.25) is 4.79 Å². The minimum absolute atomic E-state index is 0.0798. The van der Waals surface area contributed by atoms with Gasteiger partial charge in [-0.2, -0.15) is 5.10 Å². The number of amides is 1. The highest BCUT2D eigenvalue weighted by atomic mass is 32.1. The van der Waals surface area contributed by atoms with E-state index in [0.717, 1.165) is 39.2 Å². The lowest BCUT2D eigenvalue weighted by Crippen LogP contribution is -2.20. The van der Waals surface area contributed by atoms with Gasteiger partial charge in [0.05, 0.1) is 27.4 Å². The number of hydrogen-bond donors (Lipinski definition) is 1. The zero-order valence-corrected chi connectivity index (χ0v) is 20.6. The summed E-state index contributed by atoms with van der Waals surface area (Å²) in [6, 6.07) is 22.1. The van der Waals surface area contributed by atoms with Crippen molar-refractivity contribution >= 4 is 33.9 Å². The average Bonchev–Trinajstić information content (AvgIpc) is 3.24. The van der Waals surface area contributed by atoms with Crippen LogP contribution in [-0.2, 0) is 5.41 Å². The van der Waals surface area contributed by atoms with Gasteiger partial charge in [0.15, 0.2) is 0 Å². The predicted octanol–water partition coefficient (Wildman–Crippen LogP) is 7.11. The van der Waals surface area contributed by atoms with E-state index in [1.165, 1.54) is 10.4 Å². The normalized spacial score (nSPS) is 12.2. The van der Waals surface area contributed by atoms with Crippen molar-refractivity contribution in [2.24, 2.45) is 5.10 Å². The third-order valence-electron chi connectivity index (χ3n) is 5.66. The molecule has 4 nitrogen and oxygen atoms in total. The SMILES string of the molecule is CCC(=NNC(=O)c1cc(-c2ccc(C(C)(C)C)cc2)nc2ccccc12)c1ccc(C)s1. The highest BCUT2D eigenvalue weighted by molar-refractivity contribution is 7.14. The van der Waals surface area contributed by atoms with Gasteiger partial charge in [-0.15, -0.1) is 11.3 Å². The van der Waals surface area contributed by atoms with Crippen LogP contribution in [0.4, 0.5) is 0 Å². The largest absolute Gasteiger partial charge is 0.272 e. The Kier molecular flexibility index (Phi) is 6.43. The maximum Gasteiger partial charge on any atom is 0.272 e. The number of aromatic nitrogens is 1. The van der Waals surface area contributed by atoms with Crippen LogP contribution in [0.25, 0.3) is 22.2 Å². The number of hydrazone groups is 1. The van der Waals surface area contributed by atoms with Crippen molar-refractivity contribution in [1.82, 2.24) is 10.4 Å². The van der Waals surface area contributed by atoms with Gasteiger partial charge in [0.1, 0.15) is 0 Å². The molecule has 2 aromatic carbocycles. The summed E-state index contributed by atoms with van der Waals surface area (Å²) >= 11 is 1.68. The van der Waals surface area contributed by atoms with E-state index in [1.54, 1.807) is 11.3 Å². The first-order valence-corrected chi connectivity index (χ1v) is 12.0. The van der Waals surface area contributed by atoms with Gasteiger partial charge in [0.2, 0.25) is 0 Å². The number of benzene rings is 2. The Morgan fingerprint density at radius 1 is 1.03 bits per heavy atom. The van der Waals surface area contributed by atoms with E-state index >= 15 is 0 Å². The van der Waals surface area contributed by atoms with Crippen molar-refractivity contribution in [3.63, 3.8) is 0 Å². The Labute approximate surface area is 199 Å². The van der Waals surface area contributed by atoms with Crippen LogP contribution in [0, 0.1) is 6.92 Å². The minimum Gasteiger partial charge on any atom is -0.267 e. The second-order valence-corrected chi connectivity index (χ2v) is 10.5. The molecule has 0 fully saturated rings. The number of hydrogen-bond acceptors (Lipinski definition) is 4. The maximum absolute atomic E-state index is 13.2. The molecular weight excluding hydrogens is 426 g/mol. The Balaban J connectivity index is 1.71. The smallest absolute Gasteiger partial charge is 0.267 e. The van der Waals surface area contributed by atoms with E-state index in [0.29, 0.717) is 5.56 Å². The average molecular weight is 456 g/mol. The van der Waals surface area contributed by atoms with E-state index in [9.17, 15) is 4.79 Å². The summed E-state index contributed by atoms with van der Waals surface area (Å²) < 4.78 is 0. The molecular formula is C28H29N3OS. The van der Waals surface area contributed by atoms with Crippen LogP contribution in [-0.4, -0.2) is 16.6 Å². The number of carbonyl (C=O) groups is 1. The summed E-state index contributed by atoms with van der Waals surface area (Å²) in [5.41, 5.74) is 8.10. The molecule has 1 amide bonds. The molecule has 33 heavy (non-hydrogen) atoms. The zero-order valence-electron chi connectivity index (χ0n) is 19.8. The van der Waals surface area contributed by atoms with Gasteiger partial charge < -0.3 is 0 Å². The van der Waals surface area contributed by atoms with E-state index in [-0.39, 0.29) is 11.3 Å². The summed E-state index contributed by atoms with van der Waals surface area (Å²) in [5, 5.41) is 5.27. The molecule has 0 radical (unpaired) electrons. The van der Waals surface area contributed by atoms with Gasteiger partial charge in [-0.1, -0.05) is 70.2 Å². The molecule has 0 bridgehead atoms. The highest BCUT2D eigenvalue weighted by Crippen LogP contribution is 2.28. The van der Waals surface area contributed by atoms with Crippen molar-refractivity contribution in [3.8, 4) is 11.3 Å². The fourth-order valence-electron chi connectivity index (χ4n) is 3.73. The van der Waals surface area contributed by atoms with Crippen molar-refractivity contribution in [3.05, 3.63) is 87.6 Å². The molecule has 0 saturated heterocycles. The molecule has 0 atom stereocenters. The number of thiophene rings is 1. The van der Waals surface area contributed by atoms with Crippen molar-refractivity contribution in [2.75, 3.05) is 0 Å². The zero-order chi connectivity index (χ0) is 23.6. The number of aryl methyl sites for hydroxylation is 1. The van der Waals surface area contributed by atoms with E-state index in [2.05, 4.69) is 74.6 Å². The third kappa shape index (κ3) is 5.04. The molecule has 2 aromatic heterocycles. The van der Waals surface area contributed by atoms with Gasteiger partial charge in [-0.25, -0.2) is 10.4 Å². The summed E-state index contributed by atoms with van der Waals surface area (Å²) in [5.74, 6) is -0.236. The summed E-state index contributed by atoms with van der Waals surface area (Å²) in [6.45, 7) is 10.7. The monoisotopic (exact) mass is 455 g/mol. The lowest BCUT2D eigenvalue weighted by atomic mass is 9.86. The first kappa shape index (κ1) is 22.9. The summed E-state index contributed by atoms with van der Waals surface area (Å²) in [6.07, 6.45) is 0.739. The number of pyridine rings is 1. The van der Waals surface area contributed by atoms with Crippen LogP contribution in [0.15, 0.2) is 71.8 Å². The molecule has 168 valence electrons. The van der Waals surface area contributed by atoms with Gasteiger partial charge in [0, 0.05) is 15.8 Å². The number of para-hydroxylation sites is 1. The second-order valence-electron chi connectivity index (χ2n) is 9.16. The number of fused-ring (bicyclic) bond motifs is 1. The fraction of sp³-hybridized carbons (Fsp3) is 0.250. The molecule has 0 unspecified atom stereocenters. The first-order valence-electron chi connectivity index (χ1n) is 11.2. The van der Waals surface area contributed by atoms with Gasteiger partial charge in [0.25, 0.3) is 5.91 Å². The van der Waals surface area contributed by atoms with Crippen LogP contribution in [0.2, 0.25) is 0 Å². The van der Waals surface area contributed by atoms with Gasteiger partial charge in [-0.05, 0) is 48.6 Å². The van der Waals surface area contributed by atoms with Crippen molar-refractivity contribution in [1.29, 1.82) is 0 Å². The summed E-state index contributed by atoms with van der Waals surface area (Å²) in [4.78, 5) is 20.4. The number of rotatable bonds is 5. The standard InChI is InChI=1S/C28H29N3OS/c1-6-23(26-16-11-18(2)33-26)30-31-27(32)22-17-25(29-24-10-8-7-9-21(22)24)19-12-14-20(15-13-19)28(3,4)5/h7-17H,6H2,1-5H3,(H,31,32). The Morgan fingerprint density at radius 2 is 1.76 bits per heavy atom. The van der Waals surface area contributed by atoms with Crippen molar-refractivity contribution in [2.45, 2.75) is 46.5 Å². The van der Waals surface area contributed by atoms with Crippen LogP contribution in [0.1, 0.15) is 59.8 Å². The van der Waals surface area contributed by atoms with E-state index in [1.807, 2.05) is 37.3 Å². The number of nitrogens with one attached hydrogen (secondary N) is 1. The summed E-state index contributed by atoms with van der Waals surface area (Å²) in [7, 11) is 0. The number of carbonyl (C=O) groups excluding carboxylic acids is 1. The molecule has 5 heteroatoms. The maximum atomic E-state index is 13.2. The third-order valence-corrected chi connectivity index (χ3v) is 6.71. The van der Waals surface area contributed by atoms with Gasteiger partial charge >= 0.3 is 0 Å². The minimum atomic E-state index is -0.236. The Bertz CT molecular complexity index is 1330. The van der Waals surface area contributed by atoms with Crippen LogP contribution < -0.4 is 5.43 Å². The highest BCUT2D eigenvalue weighted by Gasteiger charge is 2.16. The van der Waals surface area contributed by atoms with E-state index < -0.39 is 0 Å². The Morgan fingerprint density at radius 3 is 2.39 bits per heavy atom. The van der Waals surface area contributed by atoms with E-state index in [4.69, 9.17) is 4.98 Å². The topological polar surface area (TPSA) is 54.4 Å². The lowest BCUT2D eigenvalue weighted by molar-refractivity contribution is 0.0956. The fourth-order valence-corrected chi connectivity index (χ4v) is 4.66. The molecule has 0 aliphatic heterocycles. The lowest BCUT2D eigenvalue weighted by Gasteiger charge is -2.19. The molecule has 2 heterocycles. The van der Waals surface area contributed by atoms with Crippen LogP contribution in [0.3, 0.4) is 0 Å².